The van der Waals surface area contributed by atoms with E-state index in [1.807, 2.05) is 4.57 Å². The van der Waals surface area contributed by atoms with Gasteiger partial charge in [0, 0.05) is 56.9 Å². The molecule has 2 aliphatic heterocycles. The third-order valence-electron chi connectivity index (χ3n) is 9.51. The molecule has 7 nitrogen and oxygen atoms in total. The second-order valence-electron chi connectivity index (χ2n) is 12.7. The minimum Gasteiger partial charge on any atom is -0.309 e. The zero-order valence-corrected chi connectivity index (χ0v) is 26.1. The first kappa shape index (κ1) is 29.9. The predicted molar refractivity (Wildman–Crippen MR) is 169 cm³/mol. The molecule has 2 aromatic carbocycles. The highest BCUT2D eigenvalue weighted by Crippen LogP contribution is 2.37. The van der Waals surface area contributed by atoms with E-state index >= 15 is 0 Å². The number of likely N-dealkylation sites (tertiary alicyclic amines) is 1. The Hall–Kier alpha value is -2.58. The second-order valence-corrected chi connectivity index (χ2v) is 12.7. The number of hydrogen-bond donors (Lipinski definition) is 1. The maximum Gasteiger partial charge on any atom is 0.261 e. The van der Waals surface area contributed by atoms with E-state index in [0.29, 0.717) is 18.6 Å². The van der Waals surface area contributed by atoms with Gasteiger partial charge in [-0.25, -0.2) is 4.98 Å². The Morgan fingerprint density at radius 3 is 2.32 bits per heavy atom. The van der Waals surface area contributed by atoms with Gasteiger partial charge < -0.3 is 5.32 Å². The van der Waals surface area contributed by atoms with Gasteiger partial charge in [-0.2, -0.15) is 0 Å². The number of benzene rings is 2. The molecule has 0 saturated carbocycles. The van der Waals surface area contributed by atoms with Crippen molar-refractivity contribution in [3.63, 3.8) is 0 Å². The van der Waals surface area contributed by atoms with Crippen molar-refractivity contribution in [3.8, 4) is 0 Å². The first-order chi connectivity index (χ1) is 19.8. The Labute approximate surface area is 246 Å². The largest absolute Gasteiger partial charge is 0.309 e. The van der Waals surface area contributed by atoms with Gasteiger partial charge >= 0.3 is 0 Å². The summed E-state index contributed by atoms with van der Waals surface area (Å²) in [7, 11) is 4.42. The third kappa shape index (κ3) is 6.14. The maximum absolute atomic E-state index is 13.9. The zero-order chi connectivity index (χ0) is 29.1. The minimum atomic E-state index is 0.0748. The molecule has 222 valence electrons. The average molecular weight is 559 g/mol. The predicted octanol–water partition coefficient (Wildman–Crippen LogP) is 4.99. The smallest absolute Gasteiger partial charge is 0.261 e. The molecule has 1 N–H and O–H groups in total. The van der Waals surface area contributed by atoms with Crippen LogP contribution in [0.15, 0.2) is 53.3 Å². The lowest BCUT2D eigenvalue weighted by Gasteiger charge is -2.46. The SMILES string of the molecule is CCC[C@@H](c1nc2ccc(CN3CCC(c4ccccc4)(N(C)C)CC3)cc2c(=O)n1CC)N1C[C@@H](C)N[C@@H](C)C1. The first-order valence-corrected chi connectivity index (χ1v) is 15.7. The summed E-state index contributed by atoms with van der Waals surface area (Å²) >= 11 is 0. The van der Waals surface area contributed by atoms with Crippen LogP contribution in [0.2, 0.25) is 0 Å². The van der Waals surface area contributed by atoms with Gasteiger partial charge in [-0.3, -0.25) is 24.1 Å². The lowest BCUT2D eigenvalue weighted by atomic mass is 9.79. The van der Waals surface area contributed by atoms with Crippen LogP contribution in [0.3, 0.4) is 0 Å². The van der Waals surface area contributed by atoms with Gasteiger partial charge in [0.15, 0.2) is 0 Å². The average Bonchev–Trinajstić information content (AvgIpc) is 2.96. The maximum atomic E-state index is 13.9. The highest BCUT2D eigenvalue weighted by molar-refractivity contribution is 5.78. The summed E-state index contributed by atoms with van der Waals surface area (Å²) < 4.78 is 1.94. The number of nitrogens with one attached hydrogen (secondary N) is 1. The standard InChI is InChI=1S/C34H50N6O/c1-7-12-31(39-22-25(3)35-26(4)23-39)32-36-30-16-15-27(21-29(30)33(41)40(32)8-2)24-38-19-17-34(18-20-38,37(5)6)28-13-10-9-11-14-28/h9-11,13-16,21,25-26,31,35H,7-8,12,17-20,22-24H2,1-6H3/t25-,26+,31-/m0/s1. The Kier molecular flexibility index (Phi) is 9.29. The number of rotatable bonds is 9. The molecule has 41 heavy (non-hydrogen) atoms. The molecule has 2 fully saturated rings. The van der Waals surface area contributed by atoms with Crippen molar-refractivity contribution in [2.24, 2.45) is 0 Å². The lowest BCUT2D eigenvalue weighted by molar-refractivity contribution is 0.0507. The summed E-state index contributed by atoms with van der Waals surface area (Å²) in [5.41, 5.74) is 3.60. The molecule has 2 aliphatic rings. The molecule has 1 aromatic heterocycles. The molecule has 0 aliphatic carbocycles. The van der Waals surface area contributed by atoms with E-state index in [4.69, 9.17) is 4.98 Å². The second kappa shape index (κ2) is 12.7. The van der Waals surface area contributed by atoms with E-state index < -0.39 is 0 Å². The Balaban J connectivity index is 1.38. The molecule has 0 bridgehead atoms. The van der Waals surface area contributed by atoms with Crippen molar-refractivity contribution < 1.29 is 0 Å². The van der Waals surface area contributed by atoms with Crippen molar-refractivity contribution >= 4 is 10.9 Å². The van der Waals surface area contributed by atoms with Gasteiger partial charge in [0.2, 0.25) is 0 Å². The summed E-state index contributed by atoms with van der Waals surface area (Å²) in [6.45, 7) is 14.3. The number of piperazine rings is 1. The van der Waals surface area contributed by atoms with Gasteiger partial charge in [0.05, 0.1) is 16.9 Å². The summed E-state index contributed by atoms with van der Waals surface area (Å²) in [6.07, 6.45) is 4.24. The molecule has 0 spiro atoms. The molecule has 5 rings (SSSR count). The van der Waals surface area contributed by atoms with Crippen LogP contribution in [-0.2, 0) is 18.6 Å². The number of fused-ring (bicyclic) bond motifs is 1. The quantitative estimate of drug-likeness (QED) is 0.399. The van der Waals surface area contributed by atoms with Crippen LogP contribution in [-0.4, -0.2) is 76.6 Å². The molecule has 0 amide bonds. The molecule has 2 saturated heterocycles. The fraction of sp³-hybridized carbons (Fsp3) is 0.588. The third-order valence-corrected chi connectivity index (χ3v) is 9.51. The van der Waals surface area contributed by atoms with Crippen LogP contribution in [0.5, 0.6) is 0 Å². The Morgan fingerprint density at radius 1 is 1.02 bits per heavy atom. The first-order valence-electron chi connectivity index (χ1n) is 15.7. The van der Waals surface area contributed by atoms with Crippen LogP contribution < -0.4 is 10.9 Å². The van der Waals surface area contributed by atoms with Crippen LogP contribution in [0.1, 0.15) is 76.4 Å². The highest BCUT2D eigenvalue weighted by atomic mass is 16.1. The zero-order valence-electron chi connectivity index (χ0n) is 26.1. The van der Waals surface area contributed by atoms with Crippen molar-refractivity contribution in [2.75, 3.05) is 40.3 Å². The van der Waals surface area contributed by atoms with Gasteiger partial charge in [-0.05, 0) is 77.4 Å². The topological polar surface area (TPSA) is 56.6 Å². The number of aromatic nitrogens is 2. The van der Waals surface area contributed by atoms with Crippen molar-refractivity contribution in [2.45, 2.75) is 90.1 Å². The van der Waals surface area contributed by atoms with Crippen molar-refractivity contribution in [3.05, 3.63) is 75.8 Å². The number of nitrogens with zero attached hydrogens (tertiary/aromatic N) is 5. The molecule has 0 unspecified atom stereocenters. The molecule has 3 heterocycles. The van der Waals surface area contributed by atoms with Gasteiger partial charge in [-0.1, -0.05) is 49.7 Å². The lowest BCUT2D eigenvalue weighted by Crippen LogP contribution is -2.55. The van der Waals surface area contributed by atoms with Crippen molar-refractivity contribution in [1.82, 2.24) is 29.6 Å². The monoisotopic (exact) mass is 558 g/mol. The van der Waals surface area contributed by atoms with Gasteiger partial charge in [-0.15, -0.1) is 0 Å². The minimum absolute atomic E-state index is 0.0748. The van der Waals surface area contributed by atoms with Crippen LogP contribution in [0, 0.1) is 0 Å². The highest BCUT2D eigenvalue weighted by Gasteiger charge is 2.38. The van der Waals surface area contributed by atoms with E-state index in [0.717, 1.165) is 75.1 Å². The normalized spacial score (nSPS) is 22.8. The molecule has 3 aromatic rings. The van der Waals surface area contributed by atoms with E-state index in [2.05, 4.69) is 110 Å². The number of piperidine rings is 1. The Bertz CT molecular complexity index is 1350. The summed E-state index contributed by atoms with van der Waals surface area (Å²) in [5, 5.41) is 4.39. The summed E-state index contributed by atoms with van der Waals surface area (Å²) in [6, 6.07) is 18.3. The molecule has 0 radical (unpaired) electrons. The molecule has 7 heteroatoms. The van der Waals surface area contributed by atoms with E-state index in [1.54, 1.807) is 0 Å². The van der Waals surface area contributed by atoms with Gasteiger partial charge in [0.25, 0.3) is 5.56 Å². The fourth-order valence-electron chi connectivity index (χ4n) is 7.40. The molecular formula is C34H50N6O. The summed E-state index contributed by atoms with van der Waals surface area (Å²) in [5.74, 6) is 0.929. The van der Waals surface area contributed by atoms with Crippen LogP contribution >= 0.6 is 0 Å². The van der Waals surface area contributed by atoms with Crippen molar-refractivity contribution in [1.29, 1.82) is 0 Å². The summed E-state index contributed by atoms with van der Waals surface area (Å²) in [4.78, 5) is 26.6. The van der Waals surface area contributed by atoms with Crippen LogP contribution in [0.4, 0.5) is 0 Å². The van der Waals surface area contributed by atoms with Crippen LogP contribution in [0.25, 0.3) is 10.9 Å². The van der Waals surface area contributed by atoms with Gasteiger partial charge in [0.1, 0.15) is 5.82 Å². The number of hydrogen-bond acceptors (Lipinski definition) is 6. The van der Waals surface area contributed by atoms with E-state index in [9.17, 15) is 4.79 Å². The van der Waals surface area contributed by atoms with E-state index in [-0.39, 0.29) is 17.1 Å². The molecular weight excluding hydrogens is 508 g/mol. The fourth-order valence-corrected chi connectivity index (χ4v) is 7.40. The Morgan fingerprint density at radius 2 is 1.71 bits per heavy atom. The van der Waals surface area contributed by atoms with E-state index in [1.165, 1.54) is 11.1 Å². The molecule has 3 atom stereocenters.